The average Bonchev–Trinajstić information content (AvgIpc) is 2.73. The van der Waals surface area contributed by atoms with Crippen molar-refractivity contribution < 1.29 is 9.90 Å². The number of carboxylic acids is 1. The van der Waals surface area contributed by atoms with Crippen molar-refractivity contribution >= 4 is 29.5 Å². The molecule has 1 aromatic rings. The lowest BCUT2D eigenvalue weighted by Crippen LogP contribution is -2.38. The molecule has 0 radical (unpaired) electrons. The highest BCUT2D eigenvalue weighted by Crippen LogP contribution is 2.44. The molecule has 1 fully saturated rings. The van der Waals surface area contributed by atoms with E-state index in [0.717, 1.165) is 23.9 Å². The van der Waals surface area contributed by atoms with Crippen LogP contribution in [0.4, 0.5) is 0 Å². The summed E-state index contributed by atoms with van der Waals surface area (Å²) in [6.45, 7) is 2.95. The summed E-state index contributed by atoms with van der Waals surface area (Å²) in [5, 5.41) is 17.8. The van der Waals surface area contributed by atoms with Crippen molar-refractivity contribution in [3.05, 3.63) is 5.82 Å². The van der Waals surface area contributed by atoms with Gasteiger partial charge in [0.2, 0.25) is 0 Å². The first kappa shape index (κ1) is 14.7. The smallest absolute Gasteiger partial charge is 0.313 e. The fourth-order valence-electron chi connectivity index (χ4n) is 2.26. The number of carbonyl (C=O) groups is 1. The van der Waals surface area contributed by atoms with E-state index >= 15 is 0 Å². The molecule has 1 aliphatic rings. The summed E-state index contributed by atoms with van der Waals surface area (Å²) in [7, 11) is 0. The number of hydrogen-bond donors (Lipinski definition) is 1. The summed E-state index contributed by atoms with van der Waals surface area (Å²) >= 11 is 3.17. The number of aryl methyl sites for hydroxylation is 1. The second-order valence-electron chi connectivity index (χ2n) is 4.76. The molecule has 1 aromatic heterocycles. The maximum Gasteiger partial charge on any atom is 0.313 e. The maximum atomic E-state index is 10.7. The SMILES string of the molecule is CCc1nnc(SCC(=O)O)n1CC1(SC)CCC1. The first-order valence-electron chi connectivity index (χ1n) is 6.42. The summed E-state index contributed by atoms with van der Waals surface area (Å²) in [5.74, 6) is 0.169. The Balaban J connectivity index is 2.16. The fraction of sp³-hybridized carbons (Fsp3) is 0.750. The summed E-state index contributed by atoms with van der Waals surface area (Å²) < 4.78 is 2.41. The predicted octanol–water partition coefficient (Wildman–Crippen LogP) is 2.30. The minimum Gasteiger partial charge on any atom is -0.481 e. The molecular formula is C12H19N3O2S2. The van der Waals surface area contributed by atoms with Gasteiger partial charge in [-0.05, 0) is 19.1 Å². The van der Waals surface area contributed by atoms with Gasteiger partial charge >= 0.3 is 5.97 Å². The summed E-state index contributed by atoms with van der Waals surface area (Å²) in [5.41, 5.74) is 0. The van der Waals surface area contributed by atoms with Crippen LogP contribution in [0, 0.1) is 0 Å². The molecule has 19 heavy (non-hydrogen) atoms. The van der Waals surface area contributed by atoms with Crippen LogP contribution in [0.25, 0.3) is 0 Å². The van der Waals surface area contributed by atoms with Crippen LogP contribution in [-0.2, 0) is 17.8 Å². The Labute approximate surface area is 121 Å². The van der Waals surface area contributed by atoms with Gasteiger partial charge in [-0.1, -0.05) is 25.1 Å². The van der Waals surface area contributed by atoms with Crippen molar-refractivity contribution in [3.63, 3.8) is 0 Å². The Hall–Kier alpha value is -0.690. The summed E-state index contributed by atoms with van der Waals surface area (Å²) in [4.78, 5) is 10.7. The van der Waals surface area contributed by atoms with Crippen LogP contribution >= 0.6 is 23.5 Å². The molecule has 0 aliphatic heterocycles. The zero-order valence-corrected chi connectivity index (χ0v) is 12.9. The van der Waals surface area contributed by atoms with Gasteiger partial charge in [0.25, 0.3) is 0 Å². The first-order chi connectivity index (χ1) is 9.10. The van der Waals surface area contributed by atoms with Crippen LogP contribution in [0.5, 0.6) is 0 Å². The van der Waals surface area contributed by atoms with Crippen LogP contribution in [0.15, 0.2) is 5.16 Å². The first-order valence-corrected chi connectivity index (χ1v) is 8.63. The summed E-state index contributed by atoms with van der Waals surface area (Å²) in [6.07, 6.45) is 6.70. The molecule has 0 bridgehead atoms. The number of aliphatic carboxylic acids is 1. The molecular weight excluding hydrogens is 282 g/mol. The average molecular weight is 301 g/mol. The van der Waals surface area contributed by atoms with E-state index in [1.54, 1.807) is 0 Å². The van der Waals surface area contributed by atoms with E-state index < -0.39 is 5.97 Å². The number of rotatable bonds is 7. The molecule has 2 rings (SSSR count). The molecule has 1 N–H and O–H groups in total. The normalized spacial score (nSPS) is 17.2. The Bertz CT molecular complexity index is 452. The van der Waals surface area contributed by atoms with Crippen molar-refractivity contribution in [2.24, 2.45) is 0 Å². The van der Waals surface area contributed by atoms with Gasteiger partial charge in [-0.15, -0.1) is 10.2 Å². The molecule has 0 atom stereocenters. The van der Waals surface area contributed by atoms with E-state index in [1.807, 2.05) is 11.8 Å². The number of thioether (sulfide) groups is 2. The van der Waals surface area contributed by atoms with Gasteiger partial charge < -0.3 is 9.67 Å². The highest BCUT2D eigenvalue weighted by Gasteiger charge is 2.37. The lowest BCUT2D eigenvalue weighted by Gasteiger charge is -2.41. The molecule has 0 unspecified atom stereocenters. The third-order valence-electron chi connectivity index (χ3n) is 3.58. The van der Waals surface area contributed by atoms with Crippen molar-refractivity contribution in [1.29, 1.82) is 0 Å². The topological polar surface area (TPSA) is 68.0 Å². The molecule has 106 valence electrons. The molecule has 1 heterocycles. The van der Waals surface area contributed by atoms with E-state index in [-0.39, 0.29) is 5.75 Å². The number of aromatic nitrogens is 3. The Morgan fingerprint density at radius 1 is 1.47 bits per heavy atom. The minimum absolute atomic E-state index is 0.0358. The highest BCUT2D eigenvalue weighted by atomic mass is 32.2. The minimum atomic E-state index is -0.819. The Kier molecular flexibility index (Phi) is 4.78. The third kappa shape index (κ3) is 3.25. The monoisotopic (exact) mass is 301 g/mol. The molecule has 0 amide bonds. The lowest BCUT2D eigenvalue weighted by atomic mass is 9.84. The van der Waals surface area contributed by atoms with Gasteiger partial charge in [0.05, 0.1) is 5.75 Å². The Morgan fingerprint density at radius 3 is 2.68 bits per heavy atom. The molecule has 7 heteroatoms. The van der Waals surface area contributed by atoms with Crippen LogP contribution < -0.4 is 0 Å². The fourth-order valence-corrected chi connectivity index (χ4v) is 3.89. The molecule has 0 spiro atoms. The second kappa shape index (κ2) is 6.17. The number of hydrogen-bond acceptors (Lipinski definition) is 5. The predicted molar refractivity (Wildman–Crippen MR) is 77.9 cm³/mol. The van der Waals surface area contributed by atoms with Gasteiger partial charge in [0.15, 0.2) is 5.16 Å². The number of nitrogens with zero attached hydrogens (tertiary/aromatic N) is 3. The van der Waals surface area contributed by atoms with E-state index in [9.17, 15) is 4.79 Å². The van der Waals surface area contributed by atoms with Gasteiger partial charge in [-0.3, -0.25) is 4.79 Å². The third-order valence-corrected chi connectivity index (χ3v) is 5.93. The van der Waals surface area contributed by atoms with Gasteiger partial charge in [0, 0.05) is 17.7 Å². The molecule has 5 nitrogen and oxygen atoms in total. The van der Waals surface area contributed by atoms with Gasteiger partial charge in [0.1, 0.15) is 5.82 Å². The Morgan fingerprint density at radius 2 is 2.21 bits per heavy atom. The van der Waals surface area contributed by atoms with Crippen LogP contribution in [-0.4, -0.2) is 42.6 Å². The zero-order valence-electron chi connectivity index (χ0n) is 11.3. The largest absolute Gasteiger partial charge is 0.481 e. The van der Waals surface area contributed by atoms with Gasteiger partial charge in [-0.2, -0.15) is 11.8 Å². The molecule has 1 aliphatic carbocycles. The van der Waals surface area contributed by atoms with E-state index in [2.05, 4.69) is 27.9 Å². The van der Waals surface area contributed by atoms with Crippen molar-refractivity contribution in [2.75, 3.05) is 12.0 Å². The van der Waals surface area contributed by atoms with E-state index in [1.165, 1.54) is 31.0 Å². The van der Waals surface area contributed by atoms with E-state index in [4.69, 9.17) is 5.11 Å². The maximum absolute atomic E-state index is 10.7. The van der Waals surface area contributed by atoms with Crippen molar-refractivity contribution in [3.8, 4) is 0 Å². The van der Waals surface area contributed by atoms with E-state index in [0.29, 0.717) is 4.75 Å². The van der Waals surface area contributed by atoms with Crippen LogP contribution in [0.1, 0.15) is 32.0 Å². The highest BCUT2D eigenvalue weighted by molar-refractivity contribution is 8.00. The van der Waals surface area contributed by atoms with Crippen LogP contribution in [0.3, 0.4) is 0 Å². The van der Waals surface area contributed by atoms with Crippen LogP contribution in [0.2, 0.25) is 0 Å². The number of carboxylic acid groups (broad SMARTS) is 1. The molecule has 0 saturated heterocycles. The van der Waals surface area contributed by atoms with Crippen molar-refractivity contribution in [1.82, 2.24) is 14.8 Å². The van der Waals surface area contributed by atoms with Crippen molar-refractivity contribution in [2.45, 2.75) is 49.1 Å². The standard InChI is InChI=1S/C12H19N3O2S2/c1-3-9-13-14-11(19-7-10(16)17)15(9)8-12(18-2)5-4-6-12/h3-8H2,1-2H3,(H,16,17). The second-order valence-corrected chi connectivity index (χ2v) is 6.98. The molecule has 0 aromatic carbocycles. The van der Waals surface area contributed by atoms with Gasteiger partial charge in [-0.25, -0.2) is 0 Å². The molecule has 1 saturated carbocycles. The quantitative estimate of drug-likeness (QED) is 0.779. The zero-order chi connectivity index (χ0) is 13.9. The summed E-state index contributed by atoms with van der Waals surface area (Å²) in [6, 6.07) is 0. The lowest BCUT2D eigenvalue weighted by molar-refractivity contribution is -0.133.